The molecule has 0 heterocycles. The molecular weight excluding hydrogens is 211 g/mol. The number of rotatable bonds is 0. The van der Waals surface area contributed by atoms with Crippen molar-refractivity contribution in [3.05, 3.63) is 29.8 Å². The van der Waals surface area contributed by atoms with Crippen LogP contribution in [0.2, 0.25) is 0 Å². The van der Waals surface area contributed by atoms with Crippen molar-refractivity contribution in [2.75, 3.05) is 0 Å². The van der Waals surface area contributed by atoms with Gasteiger partial charge in [-0.2, -0.15) is 0 Å². The Morgan fingerprint density at radius 1 is 1.00 bits per heavy atom. The van der Waals surface area contributed by atoms with E-state index in [0.717, 1.165) is 4.90 Å². The maximum atomic E-state index is 4.20. The molecule has 72 valence electrons. The average Bonchev–Trinajstić information content (AvgIpc) is 2.00. The van der Waals surface area contributed by atoms with Crippen LogP contribution < -0.4 is 0 Å². The Labute approximate surface area is 93.0 Å². The van der Waals surface area contributed by atoms with Crippen molar-refractivity contribution >= 4 is 37.4 Å². The lowest BCUT2D eigenvalue weighted by Gasteiger charge is -1.92. The number of hydrogen-bond acceptors (Lipinski definition) is 1. The molecule has 1 rings (SSSR count). The molecule has 0 aliphatic carbocycles. The number of thiol groups is 1. The van der Waals surface area contributed by atoms with Gasteiger partial charge in [0, 0.05) is 4.90 Å². The molecule has 3 heteroatoms. The van der Waals surface area contributed by atoms with Crippen molar-refractivity contribution in [2.24, 2.45) is 0 Å². The lowest BCUT2D eigenvalue weighted by atomic mass is 10.2. The van der Waals surface area contributed by atoms with E-state index in [-0.39, 0.29) is 24.8 Å². The molecule has 0 aromatic heterocycles. The Bertz CT molecular complexity index is 169. The lowest BCUT2D eigenvalue weighted by molar-refractivity contribution is 1.31. The van der Waals surface area contributed by atoms with Gasteiger partial charge in [0.25, 0.3) is 0 Å². The maximum absolute atomic E-state index is 4.20. The number of aryl methyl sites for hydroxylation is 1. The predicted molar refractivity (Wildman–Crippen MR) is 64.3 cm³/mol. The highest BCUT2D eigenvalue weighted by Gasteiger charge is 1.84. The Hall–Kier alpha value is 0.150. The van der Waals surface area contributed by atoms with Crippen LogP contribution in [0.15, 0.2) is 29.2 Å². The molecule has 0 saturated heterocycles. The van der Waals surface area contributed by atoms with Gasteiger partial charge in [-0.15, -0.1) is 37.4 Å². The second-order valence-corrected chi connectivity index (χ2v) is 2.27. The molecule has 0 radical (unpaired) electrons. The third-order valence-electron chi connectivity index (χ3n) is 1.12. The molecule has 0 saturated carbocycles. The number of hydrogen-bond donors (Lipinski definition) is 1. The zero-order chi connectivity index (χ0) is 7.98. The molecule has 0 atom stereocenters. The van der Waals surface area contributed by atoms with E-state index < -0.39 is 0 Å². The van der Waals surface area contributed by atoms with Crippen LogP contribution in [-0.2, 0) is 0 Å². The fourth-order valence-electron chi connectivity index (χ4n) is 0.563. The summed E-state index contributed by atoms with van der Waals surface area (Å²) in [6, 6.07) is 8.02. The molecule has 1 aromatic carbocycles. The van der Waals surface area contributed by atoms with E-state index in [2.05, 4.69) is 12.6 Å². The van der Waals surface area contributed by atoms with Gasteiger partial charge < -0.3 is 0 Å². The van der Waals surface area contributed by atoms with Crippen molar-refractivity contribution < 1.29 is 0 Å². The van der Waals surface area contributed by atoms with Crippen LogP contribution in [0, 0.1) is 6.92 Å². The summed E-state index contributed by atoms with van der Waals surface area (Å²) in [4.78, 5) is 1.06. The van der Waals surface area contributed by atoms with E-state index in [1.54, 1.807) is 0 Å². The van der Waals surface area contributed by atoms with Gasteiger partial charge in [-0.25, -0.2) is 0 Å². The van der Waals surface area contributed by atoms with Crippen molar-refractivity contribution in [1.82, 2.24) is 0 Å². The first kappa shape index (κ1) is 18.0. The Morgan fingerprint density at radius 2 is 1.42 bits per heavy atom. The third kappa shape index (κ3) is 6.84. The first-order chi connectivity index (χ1) is 4.80. The van der Waals surface area contributed by atoms with E-state index >= 15 is 0 Å². The quantitative estimate of drug-likeness (QED) is 0.632. The molecular formula is C9H16Cl2S. The van der Waals surface area contributed by atoms with Crippen LogP contribution in [0.5, 0.6) is 0 Å². The Morgan fingerprint density at radius 3 is 1.67 bits per heavy atom. The normalized spacial score (nSPS) is 6.67. The second kappa shape index (κ2) is 11.2. The van der Waals surface area contributed by atoms with Crippen molar-refractivity contribution in [3.63, 3.8) is 0 Å². The fraction of sp³-hybridized carbons (Fsp3) is 0.333. The highest BCUT2D eigenvalue weighted by atomic mass is 35.5. The molecule has 1 aromatic rings. The minimum Gasteiger partial charge on any atom is -0.147 e. The van der Waals surface area contributed by atoms with Crippen LogP contribution in [0.25, 0.3) is 0 Å². The molecule has 0 amide bonds. The van der Waals surface area contributed by atoms with Gasteiger partial charge in [-0.1, -0.05) is 32.0 Å². The molecule has 0 bridgehead atoms. The smallest absolute Gasteiger partial charge is 0.00692 e. The van der Waals surface area contributed by atoms with Crippen LogP contribution in [0.1, 0.15) is 19.4 Å². The molecule has 0 spiro atoms. The average molecular weight is 227 g/mol. The summed E-state index contributed by atoms with van der Waals surface area (Å²) in [7, 11) is 0. The summed E-state index contributed by atoms with van der Waals surface area (Å²) in [5.74, 6) is 0. The van der Waals surface area contributed by atoms with Crippen LogP contribution in [0.3, 0.4) is 0 Å². The van der Waals surface area contributed by atoms with Gasteiger partial charge in [0.15, 0.2) is 0 Å². The monoisotopic (exact) mass is 226 g/mol. The van der Waals surface area contributed by atoms with Crippen molar-refractivity contribution in [3.8, 4) is 0 Å². The van der Waals surface area contributed by atoms with Crippen molar-refractivity contribution in [1.29, 1.82) is 0 Å². The Balaban J connectivity index is -0.000000189. The third-order valence-corrected chi connectivity index (χ3v) is 1.62. The van der Waals surface area contributed by atoms with E-state index in [1.807, 2.05) is 45.0 Å². The first-order valence-corrected chi connectivity index (χ1v) is 4.00. The zero-order valence-electron chi connectivity index (χ0n) is 7.57. The summed E-state index contributed by atoms with van der Waals surface area (Å²) >= 11 is 4.20. The highest BCUT2D eigenvalue weighted by molar-refractivity contribution is 7.80. The van der Waals surface area contributed by atoms with E-state index in [1.165, 1.54) is 5.56 Å². The summed E-state index contributed by atoms with van der Waals surface area (Å²) in [6.07, 6.45) is 0. The van der Waals surface area contributed by atoms with E-state index in [9.17, 15) is 0 Å². The van der Waals surface area contributed by atoms with Crippen LogP contribution in [0.4, 0.5) is 0 Å². The van der Waals surface area contributed by atoms with Gasteiger partial charge in [0.1, 0.15) is 0 Å². The topological polar surface area (TPSA) is 0 Å². The standard InChI is InChI=1S/C7H8S.C2H6.2ClH/c1-6-4-2-3-5-7(6)8;1-2;;/h2-5,8H,1H3;1-2H3;2*1H. The van der Waals surface area contributed by atoms with E-state index in [0.29, 0.717) is 0 Å². The minimum atomic E-state index is 0. The van der Waals surface area contributed by atoms with Gasteiger partial charge in [0.05, 0.1) is 0 Å². The molecule has 0 fully saturated rings. The molecule has 0 aliphatic heterocycles. The molecule has 0 nitrogen and oxygen atoms in total. The molecule has 0 aliphatic rings. The number of benzene rings is 1. The molecule has 0 N–H and O–H groups in total. The van der Waals surface area contributed by atoms with Gasteiger partial charge >= 0.3 is 0 Å². The minimum absolute atomic E-state index is 0. The van der Waals surface area contributed by atoms with Gasteiger partial charge in [0.2, 0.25) is 0 Å². The first-order valence-electron chi connectivity index (χ1n) is 3.55. The van der Waals surface area contributed by atoms with Gasteiger partial charge in [-0.05, 0) is 18.6 Å². The van der Waals surface area contributed by atoms with Gasteiger partial charge in [-0.3, -0.25) is 0 Å². The largest absolute Gasteiger partial charge is 0.147 e. The Kier molecular flexibility index (Phi) is 16.8. The second-order valence-electron chi connectivity index (χ2n) is 1.79. The summed E-state index contributed by atoms with van der Waals surface area (Å²) < 4.78 is 0. The van der Waals surface area contributed by atoms with Crippen LogP contribution >= 0.6 is 37.4 Å². The molecule has 0 unspecified atom stereocenters. The highest BCUT2D eigenvalue weighted by Crippen LogP contribution is 2.09. The molecule has 12 heavy (non-hydrogen) atoms. The zero-order valence-corrected chi connectivity index (χ0v) is 10.1. The van der Waals surface area contributed by atoms with E-state index in [4.69, 9.17) is 0 Å². The summed E-state index contributed by atoms with van der Waals surface area (Å²) in [6.45, 7) is 6.04. The summed E-state index contributed by atoms with van der Waals surface area (Å²) in [5, 5.41) is 0. The van der Waals surface area contributed by atoms with Crippen LogP contribution in [-0.4, -0.2) is 0 Å². The summed E-state index contributed by atoms with van der Waals surface area (Å²) in [5.41, 5.74) is 1.23. The van der Waals surface area contributed by atoms with Crippen molar-refractivity contribution in [2.45, 2.75) is 25.7 Å². The predicted octanol–water partition coefficient (Wildman–Crippen LogP) is 4.15. The number of halogens is 2. The maximum Gasteiger partial charge on any atom is 0.00692 e. The SMILES string of the molecule is CC.Cc1ccccc1S.Cl.Cl. The fourth-order valence-corrected chi connectivity index (χ4v) is 0.724. The lowest BCUT2D eigenvalue weighted by Crippen LogP contribution is -1.70.